The molecule has 0 unspecified atom stereocenters. The Balaban J connectivity index is 1.89. The second-order valence-electron chi connectivity index (χ2n) is 4.91. The molecule has 1 N–H and O–H groups in total. The van der Waals surface area contributed by atoms with Crippen molar-refractivity contribution in [2.75, 3.05) is 18.9 Å². The first-order valence-corrected chi connectivity index (χ1v) is 8.00. The second kappa shape index (κ2) is 7.27. The first kappa shape index (κ1) is 16.3. The molecule has 0 atom stereocenters. The van der Waals surface area contributed by atoms with E-state index >= 15 is 0 Å². The largest absolute Gasteiger partial charge is 0.324 e. The molecule has 0 aliphatic heterocycles. The van der Waals surface area contributed by atoms with Crippen molar-refractivity contribution in [2.24, 2.45) is 0 Å². The molecule has 0 saturated carbocycles. The van der Waals surface area contributed by atoms with Crippen LogP contribution in [0.4, 0.5) is 5.69 Å². The Bertz CT molecular complexity index is 642. The number of hydrogen-bond donors (Lipinski definition) is 1. The summed E-state index contributed by atoms with van der Waals surface area (Å²) in [6, 6.07) is 9.39. The van der Waals surface area contributed by atoms with Crippen LogP contribution in [0.25, 0.3) is 0 Å². The van der Waals surface area contributed by atoms with E-state index in [9.17, 15) is 4.79 Å². The highest BCUT2D eigenvalue weighted by atomic mass is 35.5. The number of hydrogen-bond acceptors (Lipinski definition) is 3. The molecule has 1 aromatic heterocycles. The molecule has 1 aromatic carbocycles. The Labute approximate surface area is 138 Å². The number of benzene rings is 1. The van der Waals surface area contributed by atoms with Gasteiger partial charge in [0.2, 0.25) is 5.91 Å². The third-order valence-corrected chi connectivity index (χ3v) is 4.40. The summed E-state index contributed by atoms with van der Waals surface area (Å²) in [6.45, 7) is 2.93. The number of rotatable bonds is 5. The maximum atomic E-state index is 12.0. The Hall–Kier alpha value is -1.07. The van der Waals surface area contributed by atoms with Crippen LogP contribution >= 0.6 is 34.5 Å². The molecule has 6 heteroatoms. The van der Waals surface area contributed by atoms with Gasteiger partial charge in [-0.2, -0.15) is 0 Å². The third-order valence-electron chi connectivity index (χ3n) is 2.87. The zero-order valence-corrected chi connectivity index (χ0v) is 14.1. The number of aryl methyl sites for hydroxylation is 1. The van der Waals surface area contributed by atoms with E-state index in [2.05, 4.69) is 5.32 Å². The minimum absolute atomic E-state index is 0.0918. The minimum Gasteiger partial charge on any atom is -0.324 e. The molecule has 2 rings (SSSR count). The standard InChI is InChI=1S/C15H16Cl2N2OS/c1-10-3-5-13(12(16)7-10)18-15(20)9-19(2)8-11-4-6-14(17)21-11/h3-7H,8-9H2,1-2H3,(H,18,20). The molecule has 1 amide bonds. The van der Waals surface area contributed by atoms with E-state index in [0.717, 1.165) is 14.8 Å². The van der Waals surface area contributed by atoms with Gasteiger partial charge < -0.3 is 5.32 Å². The highest BCUT2D eigenvalue weighted by molar-refractivity contribution is 7.16. The molecule has 3 nitrogen and oxygen atoms in total. The van der Waals surface area contributed by atoms with Crippen LogP contribution in [-0.4, -0.2) is 24.4 Å². The third kappa shape index (κ3) is 5.00. The molecule has 0 spiro atoms. The van der Waals surface area contributed by atoms with Gasteiger partial charge in [-0.15, -0.1) is 11.3 Å². The molecule has 0 bridgehead atoms. The van der Waals surface area contributed by atoms with Crippen molar-refractivity contribution in [3.8, 4) is 0 Å². The summed E-state index contributed by atoms with van der Waals surface area (Å²) in [5, 5.41) is 3.38. The maximum absolute atomic E-state index is 12.0. The molecule has 0 radical (unpaired) electrons. The van der Waals surface area contributed by atoms with Crippen molar-refractivity contribution in [1.82, 2.24) is 4.90 Å². The Morgan fingerprint density at radius 2 is 2.05 bits per heavy atom. The lowest BCUT2D eigenvalue weighted by Gasteiger charge is -2.15. The van der Waals surface area contributed by atoms with Crippen LogP contribution in [0.5, 0.6) is 0 Å². The summed E-state index contributed by atoms with van der Waals surface area (Å²) in [4.78, 5) is 15.1. The molecule has 0 aliphatic carbocycles. The molecule has 112 valence electrons. The number of carbonyl (C=O) groups is 1. The monoisotopic (exact) mass is 342 g/mol. The molecule has 1 heterocycles. The molecular weight excluding hydrogens is 327 g/mol. The van der Waals surface area contributed by atoms with Gasteiger partial charge in [-0.05, 0) is 43.8 Å². The number of anilines is 1. The van der Waals surface area contributed by atoms with Gasteiger partial charge in [-0.25, -0.2) is 0 Å². The number of amides is 1. The van der Waals surface area contributed by atoms with Crippen molar-refractivity contribution in [2.45, 2.75) is 13.5 Å². The SMILES string of the molecule is Cc1ccc(NC(=O)CN(C)Cc2ccc(Cl)s2)c(Cl)c1. The summed E-state index contributed by atoms with van der Waals surface area (Å²) in [6.07, 6.45) is 0. The molecule has 0 saturated heterocycles. The lowest BCUT2D eigenvalue weighted by atomic mass is 10.2. The number of nitrogens with zero attached hydrogens (tertiary/aromatic N) is 1. The Morgan fingerprint density at radius 1 is 1.29 bits per heavy atom. The van der Waals surface area contributed by atoms with E-state index in [1.165, 1.54) is 11.3 Å². The van der Waals surface area contributed by atoms with Crippen LogP contribution in [0, 0.1) is 6.92 Å². The van der Waals surface area contributed by atoms with Crippen LogP contribution in [0.3, 0.4) is 0 Å². The van der Waals surface area contributed by atoms with E-state index in [4.69, 9.17) is 23.2 Å². The fourth-order valence-corrected chi connectivity index (χ4v) is 3.37. The van der Waals surface area contributed by atoms with Gasteiger partial charge in [-0.1, -0.05) is 29.3 Å². The van der Waals surface area contributed by atoms with Crippen molar-refractivity contribution in [3.63, 3.8) is 0 Å². The highest BCUT2D eigenvalue weighted by Gasteiger charge is 2.10. The van der Waals surface area contributed by atoms with Crippen molar-refractivity contribution in [1.29, 1.82) is 0 Å². The lowest BCUT2D eigenvalue weighted by molar-refractivity contribution is -0.117. The molecule has 2 aromatic rings. The van der Waals surface area contributed by atoms with E-state index in [1.54, 1.807) is 0 Å². The van der Waals surface area contributed by atoms with Crippen LogP contribution in [0.1, 0.15) is 10.4 Å². The fraction of sp³-hybridized carbons (Fsp3) is 0.267. The number of carbonyl (C=O) groups excluding carboxylic acids is 1. The van der Waals surface area contributed by atoms with Gasteiger partial charge in [0.25, 0.3) is 0 Å². The quantitative estimate of drug-likeness (QED) is 0.871. The highest BCUT2D eigenvalue weighted by Crippen LogP contribution is 2.23. The van der Waals surface area contributed by atoms with Gasteiger partial charge in [0.1, 0.15) is 0 Å². The minimum atomic E-state index is -0.0918. The van der Waals surface area contributed by atoms with E-state index in [1.807, 2.05) is 49.2 Å². The predicted molar refractivity (Wildman–Crippen MR) is 90.5 cm³/mol. The Kier molecular flexibility index (Phi) is 5.65. The van der Waals surface area contributed by atoms with Crippen molar-refractivity contribution < 1.29 is 4.79 Å². The van der Waals surface area contributed by atoms with Gasteiger partial charge in [-0.3, -0.25) is 9.69 Å². The van der Waals surface area contributed by atoms with Crippen LogP contribution in [0.15, 0.2) is 30.3 Å². The van der Waals surface area contributed by atoms with Crippen LogP contribution in [-0.2, 0) is 11.3 Å². The van der Waals surface area contributed by atoms with Crippen molar-refractivity contribution >= 4 is 46.1 Å². The average molecular weight is 343 g/mol. The van der Waals surface area contributed by atoms with E-state index in [0.29, 0.717) is 23.8 Å². The zero-order chi connectivity index (χ0) is 15.4. The van der Waals surface area contributed by atoms with Crippen LogP contribution in [0.2, 0.25) is 9.36 Å². The average Bonchev–Trinajstić information content (AvgIpc) is 2.78. The maximum Gasteiger partial charge on any atom is 0.238 e. The second-order valence-corrected chi connectivity index (χ2v) is 7.12. The molecule has 0 aliphatic rings. The van der Waals surface area contributed by atoms with Crippen LogP contribution < -0.4 is 5.32 Å². The topological polar surface area (TPSA) is 32.3 Å². The summed E-state index contributed by atoms with van der Waals surface area (Å²) in [7, 11) is 1.89. The number of thiophene rings is 1. The van der Waals surface area contributed by atoms with Gasteiger partial charge in [0.05, 0.1) is 21.6 Å². The van der Waals surface area contributed by atoms with Crippen molar-refractivity contribution in [3.05, 3.63) is 50.1 Å². The fourth-order valence-electron chi connectivity index (χ4n) is 1.92. The van der Waals surface area contributed by atoms with E-state index < -0.39 is 0 Å². The normalized spacial score (nSPS) is 10.9. The first-order valence-electron chi connectivity index (χ1n) is 6.43. The zero-order valence-electron chi connectivity index (χ0n) is 11.8. The summed E-state index contributed by atoms with van der Waals surface area (Å²) in [5.41, 5.74) is 1.70. The smallest absolute Gasteiger partial charge is 0.238 e. The Morgan fingerprint density at radius 3 is 2.67 bits per heavy atom. The summed E-state index contributed by atoms with van der Waals surface area (Å²) >= 11 is 13.5. The lowest BCUT2D eigenvalue weighted by Crippen LogP contribution is -2.29. The summed E-state index contributed by atoms with van der Waals surface area (Å²) in [5.74, 6) is -0.0918. The summed E-state index contributed by atoms with van der Waals surface area (Å²) < 4.78 is 0.759. The molecular formula is C15H16Cl2N2OS. The molecule has 0 fully saturated rings. The predicted octanol–water partition coefficient (Wildman–Crippen LogP) is 4.43. The van der Waals surface area contributed by atoms with Gasteiger partial charge in [0, 0.05) is 11.4 Å². The van der Waals surface area contributed by atoms with Gasteiger partial charge >= 0.3 is 0 Å². The number of nitrogens with one attached hydrogen (secondary N) is 1. The van der Waals surface area contributed by atoms with E-state index in [-0.39, 0.29) is 5.91 Å². The first-order chi connectivity index (χ1) is 9.94. The van der Waals surface area contributed by atoms with Gasteiger partial charge in [0.15, 0.2) is 0 Å². The molecule has 21 heavy (non-hydrogen) atoms. The number of halogens is 2. The number of likely N-dealkylation sites (N-methyl/N-ethyl adjacent to an activating group) is 1.